The van der Waals surface area contributed by atoms with Gasteiger partial charge in [-0.3, -0.25) is 4.99 Å². The first-order chi connectivity index (χ1) is 12.7. The molecule has 2 N–H and O–H groups in total. The van der Waals surface area contributed by atoms with Gasteiger partial charge in [0.25, 0.3) is 0 Å². The number of rotatable bonds is 10. The minimum atomic E-state index is 0. The van der Waals surface area contributed by atoms with Crippen LogP contribution in [0.1, 0.15) is 32.3 Å². The van der Waals surface area contributed by atoms with E-state index in [2.05, 4.69) is 41.6 Å². The second-order valence-electron chi connectivity index (χ2n) is 6.91. The fourth-order valence-corrected chi connectivity index (χ4v) is 2.55. The van der Waals surface area contributed by atoms with E-state index < -0.39 is 0 Å². The standard InChI is InChI=1S/C20H33N3O3.HI/c1-16(2)14-26-18-7-5-17(6-8-18)13-23-20(21-3)22-10-4-11-25-19-9-12-24-15-19;/h5-8,16,19H,4,9-15H2,1-3H3,(H2,21,22,23);1H. The van der Waals surface area contributed by atoms with Crippen LogP contribution in [0.2, 0.25) is 0 Å². The molecule has 0 aliphatic carbocycles. The SMILES string of the molecule is CN=C(NCCCOC1CCOC1)NCc1ccc(OCC(C)C)cc1.I. The average Bonchev–Trinajstić information content (AvgIpc) is 3.16. The fourth-order valence-electron chi connectivity index (χ4n) is 2.55. The quantitative estimate of drug-likeness (QED) is 0.228. The van der Waals surface area contributed by atoms with Gasteiger partial charge in [0.15, 0.2) is 5.96 Å². The van der Waals surface area contributed by atoms with Gasteiger partial charge in [0.2, 0.25) is 0 Å². The van der Waals surface area contributed by atoms with E-state index in [-0.39, 0.29) is 30.1 Å². The van der Waals surface area contributed by atoms with Gasteiger partial charge in [-0.1, -0.05) is 26.0 Å². The van der Waals surface area contributed by atoms with Gasteiger partial charge in [-0.15, -0.1) is 24.0 Å². The number of guanidine groups is 1. The van der Waals surface area contributed by atoms with Gasteiger partial charge in [-0.25, -0.2) is 0 Å². The highest BCUT2D eigenvalue weighted by atomic mass is 127. The highest BCUT2D eigenvalue weighted by Crippen LogP contribution is 2.13. The van der Waals surface area contributed by atoms with Crippen molar-refractivity contribution in [3.63, 3.8) is 0 Å². The Labute approximate surface area is 180 Å². The van der Waals surface area contributed by atoms with Gasteiger partial charge in [-0.05, 0) is 36.5 Å². The highest BCUT2D eigenvalue weighted by Gasteiger charge is 2.15. The summed E-state index contributed by atoms with van der Waals surface area (Å²) in [4.78, 5) is 4.25. The summed E-state index contributed by atoms with van der Waals surface area (Å²) in [5.41, 5.74) is 1.19. The lowest BCUT2D eigenvalue weighted by molar-refractivity contribution is 0.0420. The molecule has 1 heterocycles. The van der Waals surface area contributed by atoms with Gasteiger partial charge in [-0.2, -0.15) is 0 Å². The number of benzene rings is 1. The maximum absolute atomic E-state index is 5.76. The predicted octanol–water partition coefficient (Wildman–Crippen LogP) is 3.20. The number of aliphatic imine (C=N–C) groups is 1. The van der Waals surface area contributed by atoms with Crippen LogP contribution in [0.3, 0.4) is 0 Å². The molecule has 1 saturated heterocycles. The van der Waals surface area contributed by atoms with Gasteiger partial charge in [0.1, 0.15) is 5.75 Å². The Morgan fingerprint density at radius 3 is 2.67 bits per heavy atom. The second-order valence-corrected chi connectivity index (χ2v) is 6.91. The number of nitrogens with one attached hydrogen (secondary N) is 2. The molecular formula is C20H34IN3O3. The first-order valence-corrected chi connectivity index (χ1v) is 9.53. The van der Waals surface area contributed by atoms with Crippen LogP contribution in [0.4, 0.5) is 0 Å². The number of hydrogen-bond donors (Lipinski definition) is 2. The number of nitrogens with zero attached hydrogens (tertiary/aromatic N) is 1. The molecule has 0 amide bonds. The summed E-state index contributed by atoms with van der Waals surface area (Å²) in [6.45, 7) is 8.89. The maximum atomic E-state index is 5.76. The Hall–Kier alpha value is -1.06. The highest BCUT2D eigenvalue weighted by molar-refractivity contribution is 14.0. The van der Waals surface area contributed by atoms with Crippen molar-refractivity contribution in [2.24, 2.45) is 10.9 Å². The van der Waals surface area contributed by atoms with Gasteiger partial charge < -0.3 is 24.8 Å². The van der Waals surface area contributed by atoms with Crippen LogP contribution < -0.4 is 15.4 Å². The summed E-state index contributed by atoms with van der Waals surface area (Å²) in [7, 11) is 1.78. The molecule has 1 unspecified atom stereocenters. The Bertz CT molecular complexity index is 532. The van der Waals surface area contributed by atoms with Crippen molar-refractivity contribution >= 4 is 29.9 Å². The fraction of sp³-hybridized carbons (Fsp3) is 0.650. The summed E-state index contributed by atoms with van der Waals surface area (Å²) >= 11 is 0. The molecule has 1 aromatic rings. The molecule has 1 aliphatic heterocycles. The molecule has 1 atom stereocenters. The summed E-state index contributed by atoms with van der Waals surface area (Å²) in [5.74, 6) is 2.24. The number of hydrogen-bond acceptors (Lipinski definition) is 4. The van der Waals surface area contributed by atoms with Crippen LogP contribution in [0.15, 0.2) is 29.3 Å². The average molecular weight is 491 g/mol. The Balaban J connectivity index is 0.00000364. The summed E-state index contributed by atoms with van der Waals surface area (Å²) in [6.07, 6.45) is 2.23. The zero-order valence-corrected chi connectivity index (χ0v) is 19.0. The van der Waals surface area contributed by atoms with E-state index in [1.54, 1.807) is 7.05 Å². The lowest BCUT2D eigenvalue weighted by atomic mass is 10.2. The maximum Gasteiger partial charge on any atom is 0.191 e. The van der Waals surface area contributed by atoms with Gasteiger partial charge >= 0.3 is 0 Å². The molecule has 1 aromatic carbocycles. The topological polar surface area (TPSA) is 64.1 Å². The minimum absolute atomic E-state index is 0. The van der Waals surface area contributed by atoms with E-state index >= 15 is 0 Å². The van der Waals surface area contributed by atoms with E-state index in [1.807, 2.05) is 12.1 Å². The lowest BCUT2D eigenvalue weighted by Crippen LogP contribution is -2.37. The Morgan fingerprint density at radius 1 is 1.26 bits per heavy atom. The molecule has 0 aromatic heterocycles. The zero-order chi connectivity index (χ0) is 18.6. The van der Waals surface area contributed by atoms with Crippen molar-refractivity contribution in [2.75, 3.05) is 40.0 Å². The second kappa shape index (κ2) is 14.0. The molecule has 154 valence electrons. The molecule has 2 rings (SSSR count). The van der Waals surface area contributed by atoms with Crippen LogP contribution in [0.25, 0.3) is 0 Å². The van der Waals surface area contributed by atoms with Crippen molar-refractivity contribution in [1.82, 2.24) is 10.6 Å². The third-order valence-electron chi connectivity index (χ3n) is 4.05. The van der Waals surface area contributed by atoms with Crippen molar-refractivity contribution < 1.29 is 14.2 Å². The summed E-state index contributed by atoms with van der Waals surface area (Å²) in [5, 5.41) is 6.64. The molecule has 0 spiro atoms. The molecule has 0 radical (unpaired) electrons. The lowest BCUT2D eigenvalue weighted by Gasteiger charge is -2.13. The third-order valence-corrected chi connectivity index (χ3v) is 4.05. The molecule has 7 heteroatoms. The summed E-state index contributed by atoms with van der Waals surface area (Å²) < 4.78 is 16.8. The summed E-state index contributed by atoms with van der Waals surface area (Å²) in [6, 6.07) is 8.18. The van der Waals surface area contributed by atoms with E-state index in [4.69, 9.17) is 14.2 Å². The van der Waals surface area contributed by atoms with Crippen LogP contribution in [-0.2, 0) is 16.0 Å². The Kier molecular flexibility index (Phi) is 12.4. The molecule has 0 saturated carbocycles. The molecule has 1 aliphatic rings. The molecule has 0 bridgehead atoms. The molecular weight excluding hydrogens is 457 g/mol. The van der Waals surface area contributed by atoms with Crippen LogP contribution in [0.5, 0.6) is 5.75 Å². The van der Waals surface area contributed by atoms with Crippen LogP contribution >= 0.6 is 24.0 Å². The predicted molar refractivity (Wildman–Crippen MR) is 120 cm³/mol. The number of ether oxygens (including phenoxy) is 3. The monoisotopic (exact) mass is 491 g/mol. The van der Waals surface area contributed by atoms with Crippen molar-refractivity contribution in [3.8, 4) is 5.75 Å². The van der Waals surface area contributed by atoms with Crippen molar-refractivity contribution in [1.29, 1.82) is 0 Å². The molecule has 6 nitrogen and oxygen atoms in total. The zero-order valence-electron chi connectivity index (χ0n) is 16.7. The smallest absolute Gasteiger partial charge is 0.191 e. The normalized spacial score (nSPS) is 16.9. The largest absolute Gasteiger partial charge is 0.493 e. The van der Waals surface area contributed by atoms with Gasteiger partial charge in [0, 0.05) is 33.4 Å². The number of halogens is 1. The van der Waals surface area contributed by atoms with Crippen LogP contribution in [0, 0.1) is 5.92 Å². The van der Waals surface area contributed by atoms with E-state index in [0.717, 1.165) is 64.1 Å². The first kappa shape index (κ1) is 24.0. The van der Waals surface area contributed by atoms with E-state index in [9.17, 15) is 0 Å². The van der Waals surface area contributed by atoms with E-state index in [0.29, 0.717) is 5.92 Å². The Morgan fingerprint density at radius 2 is 2.04 bits per heavy atom. The molecule has 1 fully saturated rings. The third kappa shape index (κ3) is 10.2. The van der Waals surface area contributed by atoms with Gasteiger partial charge in [0.05, 0.1) is 19.3 Å². The van der Waals surface area contributed by atoms with Crippen molar-refractivity contribution in [3.05, 3.63) is 29.8 Å². The van der Waals surface area contributed by atoms with E-state index in [1.165, 1.54) is 5.56 Å². The molecule has 27 heavy (non-hydrogen) atoms. The first-order valence-electron chi connectivity index (χ1n) is 9.53. The minimum Gasteiger partial charge on any atom is -0.493 e. The van der Waals surface area contributed by atoms with Crippen molar-refractivity contribution in [2.45, 2.75) is 39.3 Å². The van der Waals surface area contributed by atoms with Crippen LogP contribution in [-0.4, -0.2) is 52.1 Å².